The minimum absolute atomic E-state index is 0.112. The van der Waals surface area contributed by atoms with E-state index < -0.39 is 10.0 Å². The Kier molecular flexibility index (Phi) is 5.74. The number of benzene rings is 1. The van der Waals surface area contributed by atoms with Gasteiger partial charge in [-0.15, -0.1) is 0 Å². The Bertz CT molecular complexity index is 508. The van der Waals surface area contributed by atoms with Crippen LogP contribution in [-0.2, 0) is 10.0 Å². The van der Waals surface area contributed by atoms with Gasteiger partial charge >= 0.3 is 0 Å². The molecule has 2 rings (SSSR count). The molecule has 1 aromatic rings. The summed E-state index contributed by atoms with van der Waals surface area (Å²) in [7, 11) is -3.62. The topological polar surface area (TPSA) is 69.4 Å². The quantitative estimate of drug-likeness (QED) is 0.820. The molecule has 2 N–H and O–H groups in total. The fraction of sp³-hybridized carbons (Fsp3) is 0.571. The first-order chi connectivity index (χ1) is 9.55. The van der Waals surface area contributed by atoms with Crippen LogP contribution in [0.25, 0.3) is 0 Å². The standard InChI is InChI=1S/C14H21NO3S2/c15-20(16,17)14-8-6-12(7-9-14)18-10-11-19-13-4-2-1-3-5-13/h6-9,13H,1-5,10-11H2,(H2,15,16,17). The van der Waals surface area contributed by atoms with Gasteiger partial charge in [0.2, 0.25) is 10.0 Å². The van der Waals surface area contributed by atoms with E-state index >= 15 is 0 Å². The largest absolute Gasteiger partial charge is 0.493 e. The molecule has 0 unspecified atom stereocenters. The third kappa shape index (κ3) is 5.00. The molecule has 0 atom stereocenters. The van der Waals surface area contributed by atoms with Crippen molar-refractivity contribution in [2.45, 2.75) is 42.2 Å². The van der Waals surface area contributed by atoms with Crippen LogP contribution in [0.4, 0.5) is 0 Å². The maximum absolute atomic E-state index is 11.1. The molecule has 20 heavy (non-hydrogen) atoms. The molecular formula is C14H21NO3S2. The van der Waals surface area contributed by atoms with Crippen molar-refractivity contribution in [1.82, 2.24) is 0 Å². The third-order valence-corrected chi connectivity index (χ3v) is 5.68. The normalized spacial score (nSPS) is 17.1. The zero-order chi connectivity index (χ0) is 14.4. The van der Waals surface area contributed by atoms with Crippen LogP contribution in [0, 0.1) is 0 Å². The number of thioether (sulfide) groups is 1. The van der Waals surface area contributed by atoms with Crippen molar-refractivity contribution >= 4 is 21.8 Å². The first kappa shape index (κ1) is 15.7. The van der Waals surface area contributed by atoms with Gasteiger partial charge in [0.05, 0.1) is 11.5 Å². The zero-order valence-corrected chi connectivity index (χ0v) is 13.1. The van der Waals surface area contributed by atoms with E-state index in [0.29, 0.717) is 12.4 Å². The SMILES string of the molecule is NS(=O)(=O)c1ccc(OCCSC2CCCCC2)cc1. The molecule has 4 nitrogen and oxygen atoms in total. The molecule has 0 aromatic heterocycles. The Hall–Kier alpha value is -0.720. The molecule has 0 aliphatic heterocycles. The van der Waals surface area contributed by atoms with E-state index in [1.165, 1.54) is 44.2 Å². The summed E-state index contributed by atoms with van der Waals surface area (Å²) in [5, 5.41) is 5.83. The van der Waals surface area contributed by atoms with E-state index in [1.807, 2.05) is 11.8 Å². The minimum Gasteiger partial charge on any atom is -0.493 e. The van der Waals surface area contributed by atoms with Crippen LogP contribution >= 0.6 is 11.8 Å². The summed E-state index contributed by atoms with van der Waals surface area (Å²) in [4.78, 5) is 0.112. The zero-order valence-electron chi connectivity index (χ0n) is 11.5. The fourth-order valence-electron chi connectivity index (χ4n) is 2.33. The lowest BCUT2D eigenvalue weighted by Crippen LogP contribution is -2.12. The van der Waals surface area contributed by atoms with Crippen molar-refractivity contribution in [3.8, 4) is 5.75 Å². The van der Waals surface area contributed by atoms with Crippen LogP contribution in [0.15, 0.2) is 29.2 Å². The molecular weight excluding hydrogens is 294 g/mol. The van der Waals surface area contributed by atoms with Crippen LogP contribution in [0.2, 0.25) is 0 Å². The predicted molar refractivity (Wildman–Crippen MR) is 82.6 cm³/mol. The van der Waals surface area contributed by atoms with Gasteiger partial charge in [0, 0.05) is 11.0 Å². The number of ether oxygens (including phenoxy) is 1. The first-order valence-electron chi connectivity index (χ1n) is 6.93. The lowest BCUT2D eigenvalue weighted by molar-refractivity contribution is 0.343. The summed E-state index contributed by atoms with van der Waals surface area (Å²) >= 11 is 1.98. The van der Waals surface area contributed by atoms with Crippen molar-refractivity contribution in [1.29, 1.82) is 0 Å². The predicted octanol–water partition coefficient (Wildman–Crippen LogP) is 2.78. The highest BCUT2D eigenvalue weighted by Crippen LogP contribution is 2.28. The molecule has 1 fully saturated rings. The number of primary sulfonamides is 1. The van der Waals surface area contributed by atoms with E-state index in [2.05, 4.69) is 0 Å². The fourth-order valence-corrected chi connectivity index (χ4v) is 4.03. The Labute approximate surface area is 125 Å². The van der Waals surface area contributed by atoms with Crippen molar-refractivity contribution in [3.05, 3.63) is 24.3 Å². The van der Waals surface area contributed by atoms with E-state index in [0.717, 1.165) is 11.0 Å². The number of sulfonamides is 1. The molecule has 0 bridgehead atoms. The maximum atomic E-state index is 11.1. The number of rotatable bonds is 6. The van der Waals surface area contributed by atoms with E-state index in [4.69, 9.17) is 9.88 Å². The lowest BCUT2D eigenvalue weighted by atomic mass is 10.0. The number of hydrogen-bond acceptors (Lipinski definition) is 4. The molecule has 0 amide bonds. The van der Waals surface area contributed by atoms with Crippen LogP contribution in [0.1, 0.15) is 32.1 Å². The molecule has 0 heterocycles. The van der Waals surface area contributed by atoms with Gasteiger partial charge in [-0.25, -0.2) is 13.6 Å². The summed E-state index contributed by atoms with van der Waals surface area (Å²) in [5.74, 6) is 1.66. The summed E-state index contributed by atoms with van der Waals surface area (Å²) in [6.07, 6.45) is 6.74. The van der Waals surface area contributed by atoms with Crippen molar-refractivity contribution in [2.24, 2.45) is 5.14 Å². The van der Waals surface area contributed by atoms with Crippen LogP contribution in [0.5, 0.6) is 5.75 Å². The Morgan fingerprint density at radius 1 is 1.15 bits per heavy atom. The lowest BCUT2D eigenvalue weighted by Gasteiger charge is -2.20. The van der Waals surface area contributed by atoms with Gasteiger partial charge in [0.1, 0.15) is 5.75 Å². The minimum atomic E-state index is -3.62. The van der Waals surface area contributed by atoms with Gasteiger partial charge < -0.3 is 4.74 Å². The van der Waals surface area contributed by atoms with Crippen molar-refractivity contribution < 1.29 is 13.2 Å². The molecule has 1 aromatic carbocycles. The van der Waals surface area contributed by atoms with E-state index in [-0.39, 0.29) is 4.90 Å². The van der Waals surface area contributed by atoms with Crippen LogP contribution in [-0.4, -0.2) is 26.0 Å². The van der Waals surface area contributed by atoms with Gasteiger partial charge in [-0.2, -0.15) is 11.8 Å². The summed E-state index contributed by atoms with van der Waals surface area (Å²) in [5.41, 5.74) is 0. The second-order valence-corrected chi connectivity index (χ2v) is 7.97. The van der Waals surface area contributed by atoms with Crippen molar-refractivity contribution in [2.75, 3.05) is 12.4 Å². The van der Waals surface area contributed by atoms with E-state index in [1.54, 1.807) is 12.1 Å². The Morgan fingerprint density at radius 3 is 2.40 bits per heavy atom. The number of nitrogens with two attached hydrogens (primary N) is 1. The summed E-state index contributed by atoms with van der Waals surface area (Å²) in [6.45, 7) is 0.649. The molecule has 0 radical (unpaired) electrons. The highest BCUT2D eigenvalue weighted by molar-refractivity contribution is 7.99. The highest BCUT2D eigenvalue weighted by atomic mass is 32.2. The summed E-state index contributed by atoms with van der Waals surface area (Å²) < 4.78 is 27.8. The van der Waals surface area contributed by atoms with Crippen LogP contribution < -0.4 is 9.88 Å². The van der Waals surface area contributed by atoms with Gasteiger partial charge in [-0.05, 0) is 37.1 Å². The van der Waals surface area contributed by atoms with Gasteiger partial charge in [0.25, 0.3) is 0 Å². The smallest absolute Gasteiger partial charge is 0.238 e. The van der Waals surface area contributed by atoms with E-state index in [9.17, 15) is 8.42 Å². The Morgan fingerprint density at radius 2 is 1.80 bits per heavy atom. The second kappa shape index (κ2) is 7.33. The average Bonchev–Trinajstić information content (AvgIpc) is 2.44. The molecule has 1 aliphatic carbocycles. The summed E-state index contributed by atoms with van der Waals surface area (Å²) in [6, 6.07) is 6.23. The Balaban J connectivity index is 1.71. The molecule has 0 saturated heterocycles. The number of hydrogen-bond donors (Lipinski definition) is 1. The molecule has 0 spiro atoms. The van der Waals surface area contributed by atoms with Gasteiger partial charge in [-0.3, -0.25) is 0 Å². The maximum Gasteiger partial charge on any atom is 0.238 e. The third-order valence-electron chi connectivity index (χ3n) is 3.41. The van der Waals surface area contributed by atoms with Crippen molar-refractivity contribution in [3.63, 3.8) is 0 Å². The monoisotopic (exact) mass is 315 g/mol. The second-order valence-electron chi connectivity index (χ2n) is 5.00. The average molecular weight is 315 g/mol. The van der Waals surface area contributed by atoms with Gasteiger partial charge in [0.15, 0.2) is 0 Å². The molecule has 1 saturated carbocycles. The molecule has 6 heteroatoms. The van der Waals surface area contributed by atoms with Crippen LogP contribution in [0.3, 0.4) is 0 Å². The highest BCUT2D eigenvalue weighted by Gasteiger charge is 2.13. The first-order valence-corrected chi connectivity index (χ1v) is 9.52. The molecule has 112 valence electrons. The van der Waals surface area contributed by atoms with Gasteiger partial charge in [-0.1, -0.05) is 19.3 Å². The molecule has 1 aliphatic rings.